The Hall–Kier alpha value is -2.62. The molecular formula is C16H13FN2O. The number of nitrogens with one attached hydrogen (secondary N) is 1. The lowest BCUT2D eigenvalue weighted by Crippen LogP contribution is -1.88. The Kier molecular flexibility index (Phi) is 3.21. The van der Waals surface area contributed by atoms with Gasteiger partial charge in [-0.3, -0.25) is 5.10 Å². The third-order valence-corrected chi connectivity index (χ3v) is 3.03. The molecular weight excluding hydrogens is 255 g/mol. The Morgan fingerprint density at radius 3 is 2.50 bits per heavy atom. The van der Waals surface area contributed by atoms with Crippen LogP contribution >= 0.6 is 0 Å². The van der Waals surface area contributed by atoms with Crippen molar-refractivity contribution in [1.82, 2.24) is 10.2 Å². The fraction of sp³-hybridized carbons (Fsp3) is 0.0625. The first-order chi connectivity index (χ1) is 9.72. The number of hydrogen-bond donors (Lipinski definition) is 1. The average molecular weight is 268 g/mol. The summed E-state index contributed by atoms with van der Waals surface area (Å²) >= 11 is 0. The molecule has 0 fully saturated rings. The highest BCUT2D eigenvalue weighted by Gasteiger charge is 2.04. The molecule has 0 spiro atoms. The predicted molar refractivity (Wildman–Crippen MR) is 75.2 cm³/mol. The maximum absolute atomic E-state index is 13.0. The third kappa shape index (κ3) is 2.54. The van der Waals surface area contributed by atoms with Gasteiger partial charge in [-0.25, -0.2) is 4.39 Å². The maximum Gasteiger partial charge on any atom is 0.130 e. The van der Waals surface area contributed by atoms with Crippen molar-refractivity contribution in [2.75, 3.05) is 0 Å². The smallest absolute Gasteiger partial charge is 0.130 e. The number of aromatic nitrogens is 2. The van der Waals surface area contributed by atoms with Crippen molar-refractivity contribution in [1.29, 1.82) is 0 Å². The van der Waals surface area contributed by atoms with Crippen LogP contribution in [0.3, 0.4) is 0 Å². The molecule has 4 heteroatoms. The first-order valence-corrected chi connectivity index (χ1v) is 6.26. The molecule has 1 heterocycles. The minimum absolute atomic E-state index is 0.260. The van der Waals surface area contributed by atoms with Crippen LogP contribution < -0.4 is 4.74 Å². The van der Waals surface area contributed by atoms with E-state index in [9.17, 15) is 4.39 Å². The lowest BCUT2D eigenvalue weighted by atomic mass is 10.1. The second-order valence-corrected chi connectivity index (χ2v) is 4.51. The average Bonchev–Trinajstić information content (AvgIpc) is 2.97. The van der Waals surface area contributed by atoms with Gasteiger partial charge in [-0.15, -0.1) is 0 Å². The summed E-state index contributed by atoms with van der Waals surface area (Å²) in [6.45, 7) is 1.82. The lowest BCUT2D eigenvalue weighted by molar-refractivity contribution is 0.476. The fourth-order valence-corrected chi connectivity index (χ4v) is 1.97. The van der Waals surface area contributed by atoms with Crippen LogP contribution in [0.1, 0.15) is 5.56 Å². The van der Waals surface area contributed by atoms with E-state index < -0.39 is 0 Å². The van der Waals surface area contributed by atoms with Crippen LogP contribution in [0, 0.1) is 12.7 Å². The van der Waals surface area contributed by atoms with Crippen LogP contribution in [-0.2, 0) is 0 Å². The van der Waals surface area contributed by atoms with Gasteiger partial charge in [-0.05, 0) is 66.6 Å². The molecule has 0 aliphatic heterocycles. The summed E-state index contributed by atoms with van der Waals surface area (Å²) in [7, 11) is 0. The molecule has 0 bridgehead atoms. The molecule has 1 aromatic heterocycles. The zero-order valence-corrected chi connectivity index (χ0v) is 10.9. The predicted octanol–water partition coefficient (Wildman–Crippen LogP) is 4.32. The highest BCUT2D eigenvalue weighted by atomic mass is 19.1. The number of halogens is 1. The van der Waals surface area contributed by atoms with Crippen molar-refractivity contribution in [2.45, 2.75) is 6.92 Å². The SMILES string of the molecule is Cc1cc(F)ccc1Oc1ccc(-c2ccn[nH]2)cc1. The van der Waals surface area contributed by atoms with Crippen LogP contribution in [0.4, 0.5) is 4.39 Å². The van der Waals surface area contributed by atoms with Gasteiger partial charge in [0.25, 0.3) is 0 Å². The molecule has 20 heavy (non-hydrogen) atoms. The fourth-order valence-electron chi connectivity index (χ4n) is 1.97. The second-order valence-electron chi connectivity index (χ2n) is 4.51. The number of aromatic amines is 1. The van der Waals surface area contributed by atoms with Crippen molar-refractivity contribution in [3.8, 4) is 22.8 Å². The molecule has 3 aromatic rings. The summed E-state index contributed by atoms with van der Waals surface area (Å²) in [6, 6.07) is 14.0. The van der Waals surface area contributed by atoms with E-state index in [0.717, 1.165) is 16.8 Å². The van der Waals surface area contributed by atoms with Gasteiger partial charge in [0.1, 0.15) is 17.3 Å². The van der Waals surface area contributed by atoms with Crippen LogP contribution in [0.25, 0.3) is 11.3 Å². The summed E-state index contributed by atoms with van der Waals surface area (Å²) in [4.78, 5) is 0. The van der Waals surface area contributed by atoms with Crippen LogP contribution in [0.5, 0.6) is 11.5 Å². The Morgan fingerprint density at radius 1 is 1.05 bits per heavy atom. The zero-order valence-electron chi connectivity index (χ0n) is 10.9. The van der Waals surface area contributed by atoms with E-state index in [2.05, 4.69) is 10.2 Å². The highest BCUT2D eigenvalue weighted by molar-refractivity contribution is 5.59. The topological polar surface area (TPSA) is 37.9 Å². The molecule has 3 rings (SSSR count). The van der Waals surface area contributed by atoms with Crippen molar-refractivity contribution < 1.29 is 9.13 Å². The second kappa shape index (κ2) is 5.17. The molecule has 0 saturated heterocycles. The van der Waals surface area contributed by atoms with Crippen molar-refractivity contribution in [3.05, 3.63) is 66.1 Å². The molecule has 0 aliphatic rings. The Bertz CT molecular complexity index is 706. The van der Waals surface area contributed by atoms with Gasteiger partial charge >= 0.3 is 0 Å². The third-order valence-electron chi connectivity index (χ3n) is 3.03. The van der Waals surface area contributed by atoms with Gasteiger partial charge in [0.15, 0.2) is 0 Å². The van der Waals surface area contributed by atoms with Crippen LogP contribution in [0.15, 0.2) is 54.7 Å². The minimum atomic E-state index is -0.260. The first kappa shape index (κ1) is 12.4. The summed E-state index contributed by atoms with van der Waals surface area (Å²) in [5.41, 5.74) is 2.75. The number of rotatable bonds is 3. The zero-order chi connectivity index (χ0) is 13.9. The Morgan fingerprint density at radius 2 is 1.85 bits per heavy atom. The molecule has 2 aromatic carbocycles. The molecule has 3 nitrogen and oxygen atoms in total. The Balaban J connectivity index is 1.81. The van der Waals surface area contributed by atoms with Crippen molar-refractivity contribution in [3.63, 3.8) is 0 Å². The normalized spacial score (nSPS) is 10.5. The molecule has 0 aliphatic carbocycles. The van der Waals surface area contributed by atoms with Gasteiger partial charge in [-0.1, -0.05) is 0 Å². The maximum atomic E-state index is 13.0. The van der Waals surface area contributed by atoms with Gasteiger partial charge < -0.3 is 4.74 Å². The standard InChI is InChI=1S/C16H13FN2O/c1-11-10-13(17)4-7-16(11)20-14-5-2-12(3-6-14)15-8-9-18-19-15/h2-10H,1H3,(H,18,19). The van der Waals surface area contributed by atoms with E-state index in [4.69, 9.17) is 4.74 Å². The van der Waals surface area contributed by atoms with E-state index in [-0.39, 0.29) is 5.82 Å². The number of nitrogens with zero attached hydrogens (tertiary/aromatic N) is 1. The summed E-state index contributed by atoms with van der Waals surface area (Å²) in [5, 5.41) is 6.82. The summed E-state index contributed by atoms with van der Waals surface area (Å²) in [5.74, 6) is 1.10. The van der Waals surface area contributed by atoms with Gasteiger partial charge in [0, 0.05) is 6.20 Å². The molecule has 0 amide bonds. The molecule has 0 atom stereocenters. The molecule has 100 valence electrons. The van der Waals surface area contributed by atoms with Gasteiger partial charge in [-0.2, -0.15) is 5.10 Å². The highest BCUT2D eigenvalue weighted by Crippen LogP contribution is 2.27. The first-order valence-electron chi connectivity index (χ1n) is 6.26. The molecule has 0 unspecified atom stereocenters. The molecule has 0 saturated carbocycles. The molecule has 1 N–H and O–H groups in total. The lowest BCUT2D eigenvalue weighted by Gasteiger charge is -2.09. The van der Waals surface area contributed by atoms with E-state index in [0.29, 0.717) is 11.5 Å². The van der Waals surface area contributed by atoms with E-state index >= 15 is 0 Å². The van der Waals surface area contributed by atoms with Gasteiger partial charge in [0.2, 0.25) is 0 Å². The van der Waals surface area contributed by atoms with E-state index in [1.165, 1.54) is 12.1 Å². The largest absolute Gasteiger partial charge is 0.457 e. The summed E-state index contributed by atoms with van der Waals surface area (Å²) < 4.78 is 18.8. The van der Waals surface area contributed by atoms with Crippen molar-refractivity contribution >= 4 is 0 Å². The van der Waals surface area contributed by atoms with Gasteiger partial charge in [0.05, 0.1) is 5.69 Å². The molecule has 0 radical (unpaired) electrons. The number of aryl methyl sites for hydroxylation is 1. The monoisotopic (exact) mass is 268 g/mol. The minimum Gasteiger partial charge on any atom is -0.457 e. The quantitative estimate of drug-likeness (QED) is 0.768. The van der Waals surface area contributed by atoms with E-state index in [1.807, 2.05) is 37.3 Å². The van der Waals surface area contributed by atoms with Crippen LogP contribution in [0.2, 0.25) is 0 Å². The summed E-state index contributed by atoms with van der Waals surface area (Å²) in [6.07, 6.45) is 1.71. The number of benzene rings is 2. The number of ether oxygens (including phenoxy) is 1. The van der Waals surface area contributed by atoms with Crippen molar-refractivity contribution in [2.24, 2.45) is 0 Å². The van der Waals surface area contributed by atoms with Crippen LogP contribution in [-0.4, -0.2) is 10.2 Å². The number of H-pyrrole nitrogens is 1. The van der Waals surface area contributed by atoms with E-state index in [1.54, 1.807) is 12.3 Å². The Labute approximate surface area is 116 Å². The number of hydrogen-bond acceptors (Lipinski definition) is 2.